The van der Waals surface area contributed by atoms with Gasteiger partial charge in [0.05, 0.1) is 5.69 Å². The quantitative estimate of drug-likeness (QED) is 0.870. The monoisotopic (exact) mass is 263 g/mol. The molecular weight excluding hydrogens is 238 g/mol. The first kappa shape index (κ1) is 14.3. The summed E-state index contributed by atoms with van der Waals surface area (Å²) in [5.74, 6) is 0.627. The fraction of sp³-hybridized carbons (Fsp3) is 0.667. The average molecular weight is 263 g/mol. The smallest absolute Gasteiger partial charge is 0.0593 e. The van der Waals surface area contributed by atoms with Crippen molar-refractivity contribution in [2.45, 2.75) is 39.7 Å². The standard InChI is InChI=1S/C15H25N3O/c1-11-8-17-14(12(2)15(11)16)10-18-6-3-4-13(9-18)5-7-19/h8,13,19H,3-7,9-10H2,1-2H3,(H2,16,17). The van der Waals surface area contributed by atoms with E-state index in [9.17, 15) is 0 Å². The number of rotatable bonds is 4. The number of aliphatic hydroxyl groups excluding tert-OH is 1. The fourth-order valence-corrected chi connectivity index (χ4v) is 2.88. The van der Waals surface area contributed by atoms with E-state index in [2.05, 4.69) is 16.8 Å². The summed E-state index contributed by atoms with van der Waals surface area (Å²) in [6, 6.07) is 0. The van der Waals surface area contributed by atoms with Gasteiger partial charge in [0.15, 0.2) is 0 Å². The number of aliphatic hydroxyl groups is 1. The number of hydrogen-bond acceptors (Lipinski definition) is 4. The number of nitrogen functional groups attached to an aromatic ring is 1. The van der Waals surface area contributed by atoms with E-state index in [1.807, 2.05) is 13.1 Å². The molecule has 3 N–H and O–H groups in total. The number of aromatic nitrogens is 1. The number of hydrogen-bond donors (Lipinski definition) is 2. The maximum Gasteiger partial charge on any atom is 0.0593 e. The molecule has 0 amide bonds. The van der Waals surface area contributed by atoms with Crippen LogP contribution in [0.15, 0.2) is 6.20 Å². The Morgan fingerprint density at radius 3 is 3.00 bits per heavy atom. The van der Waals surface area contributed by atoms with Crippen molar-refractivity contribution in [3.8, 4) is 0 Å². The number of nitrogens with zero attached hydrogens (tertiary/aromatic N) is 2. The lowest BCUT2D eigenvalue weighted by Crippen LogP contribution is -2.35. The molecule has 4 nitrogen and oxygen atoms in total. The number of pyridine rings is 1. The summed E-state index contributed by atoms with van der Waals surface area (Å²) in [5.41, 5.74) is 10.2. The molecule has 1 fully saturated rings. The highest BCUT2D eigenvalue weighted by Gasteiger charge is 2.20. The van der Waals surface area contributed by atoms with Gasteiger partial charge in [-0.2, -0.15) is 0 Å². The van der Waals surface area contributed by atoms with Gasteiger partial charge in [0.2, 0.25) is 0 Å². The Balaban J connectivity index is 2.03. The highest BCUT2D eigenvalue weighted by atomic mass is 16.3. The Bertz CT molecular complexity index is 432. The first-order chi connectivity index (χ1) is 9.11. The third kappa shape index (κ3) is 3.45. The molecule has 1 aliphatic heterocycles. The second-order valence-electron chi connectivity index (χ2n) is 5.68. The molecule has 0 radical (unpaired) electrons. The van der Waals surface area contributed by atoms with Gasteiger partial charge in [-0.05, 0) is 56.7 Å². The van der Waals surface area contributed by atoms with E-state index in [4.69, 9.17) is 10.8 Å². The molecule has 0 bridgehead atoms. The fourth-order valence-electron chi connectivity index (χ4n) is 2.88. The lowest BCUT2D eigenvalue weighted by Gasteiger charge is -2.32. The van der Waals surface area contributed by atoms with Crippen LogP contribution in [-0.4, -0.2) is 34.7 Å². The molecular formula is C15H25N3O. The van der Waals surface area contributed by atoms with Gasteiger partial charge in [-0.1, -0.05) is 0 Å². The van der Waals surface area contributed by atoms with Crippen LogP contribution < -0.4 is 5.73 Å². The van der Waals surface area contributed by atoms with Crippen molar-refractivity contribution in [2.24, 2.45) is 5.92 Å². The summed E-state index contributed by atoms with van der Waals surface area (Å²) < 4.78 is 0. The van der Waals surface area contributed by atoms with Gasteiger partial charge < -0.3 is 10.8 Å². The van der Waals surface area contributed by atoms with Gasteiger partial charge in [0.25, 0.3) is 0 Å². The van der Waals surface area contributed by atoms with E-state index in [0.29, 0.717) is 12.5 Å². The number of anilines is 1. The van der Waals surface area contributed by atoms with Crippen molar-refractivity contribution in [2.75, 3.05) is 25.4 Å². The molecule has 1 aliphatic rings. The van der Waals surface area contributed by atoms with Gasteiger partial charge in [0, 0.05) is 31.6 Å². The van der Waals surface area contributed by atoms with E-state index < -0.39 is 0 Å². The SMILES string of the molecule is Cc1cnc(CN2CCCC(CCO)C2)c(C)c1N. The number of piperidine rings is 1. The number of nitrogens with two attached hydrogens (primary N) is 1. The average Bonchev–Trinajstić information content (AvgIpc) is 2.40. The van der Waals surface area contributed by atoms with Crippen molar-refractivity contribution in [3.05, 3.63) is 23.0 Å². The minimum atomic E-state index is 0.299. The Hall–Kier alpha value is -1.13. The lowest BCUT2D eigenvalue weighted by atomic mass is 9.95. The third-order valence-electron chi connectivity index (χ3n) is 4.19. The first-order valence-electron chi connectivity index (χ1n) is 7.15. The molecule has 2 heterocycles. The minimum Gasteiger partial charge on any atom is -0.398 e. The molecule has 1 aromatic rings. The molecule has 0 aromatic carbocycles. The molecule has 1 unspecified atom stereocenters. The summed E-state index contributed by atoms with van der Waals surface area (Å²) in [7, 11) is 0. The van der Waals surface area contributed by atoms with Gasteiger partial charge in [0.1, 0.15) is 0 Å². The Morgan fingerprint density at radius 2 is 2.26 bits per heavy atom. The number of likely N-dealkylation sites (tertiary alicyclic amines) is 1. The molecule has 0 saturated carbocycles. The van der Waals surface area contributed by atoms with Crippen LogP contribution in [0.4, 0.5) is 5.69 Å². The molecule has 0 spiro atoms. The Morgan fingerprint density at radius 1 is 1.47 bits per heavy atom. The van der Waals surface area contributed by atoms with Gasteiger partial charge in [-0.3, -0.25) is 9.88 Å². The summed E-state index contributed by atoms with van der Waals surface area (Å²) in [4.78, 5) is 6.97. The Kier molecular flexibility index (Phi) is 4.77. The van der Waals surface area contributed by atoms with Gasteiger partial charge in [-0.25, -0.2) is 0 Å². The maximum absolute atomic E-state index is 9.06. The van der Waals surface area contributed by atoms with Crippen LogP contribution in [0.3, 0.4) is 0 Å². The first-order valence-corrected chi connectivity index (χ1v) is 7.15. The van der Waals surface area contributed by atoms with Crippen LogP contribution in [-0.2, 0) is 6.54 Å². The van der Waals surface area contributed by atoms with E-state index in [-0.39, 0.29) is 0 Å². The van der Waals surface area contributed by atoms with Crippen LogP contribution in [0.5, 0.6) is 0 Å². The largest absolute Gasteiger partial charge is 0.398 e. The zero-order chi connectivity index (χ0) is 13.8. The van der Waals surface area contributed by atoms with E-state index in [1.165, 1.54) is 12.8 Å². The van der Waals surface area contributed by atoms with Crippen molar-refractivity contribution < 1.29 is 5.11 Å². The van der Waals surface area contributed by atoms with Crippen LogP contribution in [0.25, 0.3) is 0 Å². The molecule has 0 aliphatic carbocycles. The van der Waals surface area contributed by atoms with Crippen LogP contribution >= 0.6 is 0 Å². The number of aryl methyl sites for hydroxylation is 1. The molecule has 19 heavy (non-hydrogen) atoms. The van der Waals surface area contributed by atoms with Crippen LogP contribution in [0.1, 0.15) is 36.1 Å². The second-order valence-corrected chi connectivity index (χ2v) is 5.68. The van der Waals surface area contributed by atoms with Gasteiger partial charge >= 0.3 is 0 Å². The predicted octanol–water partition coefficient (Wildman–Crippen LogP) is 1.88. The summed E-state index contributed by atoms with van der Waals surface area (Å²) in [5, 5.41) is 9.06. The highest BCUT2D eigenvalue weighted by Crippen LogP contribution is 2.23. The maximum atomic E-state index is 9.06. The summed E-state index contributed by atoms with van der Waals surface area (Å²) in [6.07, 6.45) is 5.23. The molecule has 106 valence electrons. The zero-order valence-electron chi connectivity index (χ0n) is 12.0. The lowest BCUT2D eigenvalue weighted by molar-refractivity contribution is 0.141. The molecule has 1 saturated heterocycles. The van der Waals surface area contributed by atoms with E-state index >= 15 is 0 Å². The summed E-state index contributed by atoms with van der Waals surface area (Å²) >= 11 is 0. The minimum absolute atomic E-state index is 0.299. The van der Waals surface area contributed by atoms with Crippen LogP contribution in [0.2, 0.25) is 0 Å². The summed E-state index contributed by atoms with van der Waals surface area (Å²) in [6.45, 7) is 7.41. The van der Waals surface area contributed by atoms with E-state index in [1.54, 1.807) is 0 Å². The molecule has 4 heteroatoms. The van der Waals surface area contributed by atoms with E-state index in [0.717, 1.165) is 48.6 Å². The van der Waals surface area contributed by atoms with Crippen molar-refractivity contribution in [1.29, 1.82) is 0 Å². The van der Waals surface area contributed by atoms with Crippen molar-refractivity contribution in [1.82, 2.24) is 9.88 Å². The highest BCUT2D eigenvalue weighted by molar-refractivity contribution is 5.53. The van der Waals surface area contributed by atoms with Gasteiger partial charge in [-0.15, -0.1) is 0 Å². The van der Waals surface area contributed by atoms with Crippen molar-refractivity contribution in [3.63, 3.8) is 0 Å². The second kappa shape index (κ2) is 6.35. The molecule has 1 atom stereocenters. The Labute approximate surface area is 115 Å². The van der Waals surface area contributed by atoms with Crippen molar-refractivity contribution >= 4 is 5.69 Å². The zero-order valence-corrected chi connectivity index (χ0v) is 12.0. The normalized spacial score (nSPS) is 20.7. The third-order valence-corrected chi connectivity index (χ3v) is 4.19. The predicted molar refractivity (Wildman–Crippen MR) is 77.8 cm³/mol. The molecule has 2 rings (SSSR count). The molecule has 1 aromatic heterocycles. The van der Waals surface area contributed by atoms with Crippen LogP contribution in [0, 0.1) is 19.8 Å². The topological polar surface area (TPSA) is 62.4 Å².